The van der Waals surface area contributed by atoms with E-state index in [1.165, 1.54) is 16.7 Å². The Balaban J connectivity index is 1.36. The summed E-state index contributed by atoms with van der Waals surface area (Å²) in [7, 11) is 1.55. The lowest BCUT2D eigenvalue weighted by Crippen LogP contribution is -2.43. The molecule has 6 rings (SSSR count). The third kappa shape index (κ3) is 4.62. The molecule has 3 atom stereocenters. The zero-order valence-electron chi connectivity index (χ0n) is 21.0. The molecular weight excluding hydrogens is 542 g/mol. The highest BCUT2D eigenvalue weighted by Gasteiger charge is 2.56. The molecule has 3 aromatic rings. The minimum absolute atomic E-state index is 0.157. The number of thiazole rings is 1. The van der Waals surface area contributed by atoms with E-state index in [1.807, 2.05) is 12.1 Å². The Morgan fingerprint density at radius 1 is 1.05 bits per heavy atom. The predicted molar refractivity (Wildman–Crippen MR) is 145 cm³/mol. The number of hydrogen-bond acceptors (Lipinski definition) is 9. The van der Waals surface area contributed by atoms with Gasteiger partial charge in [0.05, 0.1) is 37.0 Å². The predicted octanol–water partition coefficient (Wildman–Crippen LogP) is 2.48. The normalized spacial score (nSPS) is 22.4. The first-order valence-corrected chi connectivity index (χ1v) is 14.1. The number of carbonyl (C=O) groups excluding carboxylic acids is 3. The molecule has 3 aliphatic heterocycles. The molecule has 2 aromatic carbocycles. The summed E-state index contributed by atoms with van der Waals surface area (Å²) < 4.78 is 16.6. The van der Waals surface area contributed by atoms with Crippen LogP contribution in [0.3, 0.4) is 0 Å². The number of ether oxygens (including phenoxy) is 3. The van der Waals surface area contributed by atoms with Crippen LogP contribution >= 0.6 is 23.1 Å². The second kappa shape index (κ2) is 10.5. The topological polar surface area (TPSA) is 118 Å². The first-order valence-electron chi connectivity index (χ1n) is 12.4. The molecule has 0 unspecified atom stereocenters. The van der Waals surface area contributed by atoms with Crippen molar-refractivity contribution in [2.75, 3.05) is 44.9 Å². The maximum absolute atomic E-state index is 14.0. The van der Waals surface area contributed by atoms with Crippen LogP contribution < -0.4 is 19.2 Å². The van der Waals surface area contributed by atoms with Gasteiger partial charge in [-0.15, -0.1) is 0 Å². The van der Waals surface area contributed by atoms with E-state index in [4.69, 9.17) is 14.2 Å². The van der Waals surface area contributed by atoms with Crippen molar-refractivity contribution in [3.05, 3.63) is 68.6 Å². The third-order valence-corrected chi connectivity index (χ3v) is 9.52. The Labute approximate surface area is 231 Å². The SMILES string of the molecule is COc1ccc(N2C(=O)[C@H]3[C@H](c4ccccc4OCC(=O)N4CCOCC4)c4sc(=O)[nH]c4S[C@H]3C2=O)cc1. The van der Waals surface area contributed by atoms with Crippen LogP contribution in [0.1, 0.15) is 16.4 Å². The van der Waals surface area contributed by atoms with Crippen LogP contribution in [0.15, 0.2) is 58.4 Å². The quantitative estimate of drug-likeness (QED) is 0.452. The molecule has 202 valence electrons. The molecule has 10 nitrogen and oxygen atoms in total. The summed E-state index contributed by atoms with van der Waals surface area (Å²) in [5.74, 6) is -1.17. The van der Waals surface area contributed by atoms with Gasteiger partial charge in [0.1, 0.15) is 16.7 Å². The van der Waals surface area contributed by atoms with Crippen molar-refractivity contribution in [2.45, 2.75) is 16.2 Å². The Bertz CT molecular complexity index is 1480. The fourth-order valence-corrected chi connectivity index (χ4v) is 7.76. The second-order valence-electron chi connectivity index (χ2n) is 9.28. The van der Waals surface area contributed by atoms with E-state index in [2.05, 4.69) is 4.98 Å². The monoisotopic (exact) mass is 567 g/mol. The van der Waals surface area contributed by atoms with Gasteiger partial charge in [0.2, 0.25) is 11.8 Å². The lowest BCUT2D eigenvalue weighted by atomic mass is 9.82. The molecular formula is C27H25N3O7S2. The van der Waals surface area contributed by atoms with Gasteiger partial charge >= 0.3 is 4.87 Å². The largest absolute Gasteiger partial charge is 0.497 e. The van der Waals surface area contributed by atoms with Crippen molar-refractivity contribution >= 4 is 46.5 Å². The van der Waals surface area contributed by atoms with Crippen LogP contribution in [0.5, 0.6) is 11.5 Å². The number of rotatable bonds is 6. The zero-order chi connectivity index (χ0) is 27.1. The Morgan fingerprint density at radius 2 is 1.79 bits per heavy atom. The Kier molecular flexibility index (Phi) is 6.92. The van der Waals surface area contributed by atoms with E-state index in [-0.39, 0.29) is 29.2 Å². The van der Waals surface area contributed by atoms with Crippen molar-refractivity contribution in [3.63, 3.8) is 0 Å². The van der Waals surface area contributed by atoms with E-state index in [9.17, 15) is 19.2 Å². The second-order valence-corrected chi connectivity index (χ2v) is 11.4. The van der Waals surface area contributed by atoms with Crippen molar-refractivity contribution in [3.8, 4) is 11.5 Å². The maximum atomic E-state index is 14.0. The highest BCUT2D eigenvalue weighted by atomic mass is 32.2. The Hall–Kier alpha value is -3.61. The number of carbonyl (C=O) groups is 3. The van der Waals surface area contributed by atoms with Crippen LogP contribution in [-0.2, 0) is 19.1 Å². The molecule has 1 aromatic heterocycles. The molecule has 39 heavy (non-hydrogen) atoms. The van der Waals surface area contributed by atoms with Crippen LogP contribution in [0.25, 0.3) is 0 Å². The number of nitrogens with zero attached hydrogens (tertiary/aromatic N) is 2. The number of anilines is 1. The highest BCUT2D eigenvalue weighted by molar-refractivity contribution is 8.00. The fourth-order valence-electron chi connectivity index (χ4n) is 5.25. The van der Waals surface area contributed by atoms with Gasteiger partial charge < -0.3 is 24.1 Å². The first kappa shape index (κ1) is 25.7. The zero-order valence-corrected chi connectivity index (χ0v) is 22.6. The van der Waals surface area contributed by atoms with Crippen LogP contribution in [0.4, 0.5) is 5.69 Å². The van der Waals surface area contributed by atoms with E-state index >= 15 is 0 Å². The smallest absolute Gasteiger partial charge is 0.305 e. The molecule has 1 N–H and O–H groups in total. The lowest BCUT2D eigenvalue weighted by Gasteiger charge is -2.31. The minimum Gasteiger partial charge on any atom is -0.497 e. The summed E-state index contributed by atoms with van der Waals surface area (Å²) >= 11 is 2.24. The number of hydrogen-bond donors (Lipinski definition) is 1. The lowest BCUT2D eigenvalue weighted by molar-refractivity contribution is -0.137. The molecule has 4 heterocycles. The first-order chi connectivity index (χ1) is 19.0. The summed E-state index contributed by atoms with van der Waals surface area (Å²) in [6.45, 7) is 1.81. The van der Waals surface area contributed by atoms with E-state index in [0.717, 1.165) is 11.3 Å². The van der Waals surface area contributed by atoms with Crippen LogP contribution in [0, 0.1) is 5.92 Å². The highest BCUT2D eigenvalue weighted by Crippen LogP contribution is 2.54. The number of amides is 3. The third-order valence-electron chi connectivity index (χ3n) is 7.12. The fraction of sp³-hybridized carbons (Fsp3) is 0.333. The number of thioether (sulfide) groups is 1. The van der Waals surface area contributed by atoms with Gasteiger partial charge in [0.25, 0.3) is 5.91 Å². The minimum atomic E-state index is -0.761. The number of para-hydroxylation sites is 1. The maximum Gasteiger partial charge on any atom is 0.305 e. The van der Waals surface area contributed by atoms with Gasteiger partial charge in [0, 0.05) is 29.4 Å². The van der Waals surface area contributed by atoms with Gasteiger partial charge in [0.15, 0.2) is 6.61 Å². The molecule has 3 amide bonds. The molecule has 0 saturated carbocycles. The number of aromatic amines is 1. The Morgan fingerprint density at radius 3 is 2.54 bits per heavy atom. The van der Waals surface area contributed by atoms with Gasteiger partial charge in [-0.2, -0.15) is 0 Å². The van der Waals surface area contributed by atoms with Crippen LogP contribution in [0.2, 0.25) is 0 Å². The molecule has 0 radical (unpaired) electrons. The van der Waals surface area contributed by atoms with Gasteiger partial charge in [-0.25, -0.2) is 4.90 Å². The van der Waals surface area contributed by atoms with E-state index in [1.54, 1.807) is 48.4 Å². The molecule has 2 saturated heterocycles. The summed E-state index contributed by atoms with van der Waals surface area (Å²) in [6.07, 6.45) is 0. The van der Waals surface area contributed by atoms with Gasteiger partial charge in [-0.3, -0.25) is 19.2 Å². The van der Waals surface area contributed by atoms with Crippen molar-refractivity contribution in [2.24, 2.45) is 5.92 Å². The number of nitrogens with one attached hydrogen (secondary N) is 1. The molecule has 0 bridgehead atoms. The van der Waals surface area contributed by atoms with Crippen molar-refractivity contribution in [1.29, 1.82) is 0 Å². The number of morpholine rings is 1. The number of fused-ring (bicyclic) bond motifs is 2. The number of aromatic nitrogens is 1. The number of imide groups is 1. The molecule has 2 fully saturated rings. The van der Waals surface area contributed by atoms with E-state index < -0.39 is 17.1 Å². The average Bonchev–Trinajstić information content (AvgIpc) is 3.46. The van der Waals surface area contributed by atoms with Gasteiger partial charge in [-0.1, -0.05) is 41.3 Å². The summed E-state index contributed by atoms with van der Waals surface area (Å²) in [6, 6.07) is 13.9. The molecule has 3 aliphatic rings. The summed E-state index contributed by atoms with van der Waals surface area (Å²) in [5.41, 5.74) is 1.11. The van der Waals surface area contributed by atoms with E-state index in [0.29, 0.717) is 59.0 Å². The van der Waals surface area contributed by atoms with Crippen molar-refractivity contribution < 1.29 is 28.6 Å². The average molecular weight is 568 g/mol. The standard InChI is InChI=1S/C27H25N3O7S2/c1-35-16-8-6-15(7-9-16)30-25(32)21-20(22-24(28-27(34)39-22)38-23(21)26(30)33)17-4-2-3-5-18(17)37-14-19(31)29-10-12-36-13-11-29/h2-9,20-21,23H,10-14H2,1H3,(H,28,34)/t20-,21-,23+/m0/s1. The molecule has 0 spiro atoms. The number of benzene rings is 2. The summed E-state index contributed by atoms with van der Waals surface area (Å²) in [5, 5.41) is -0.154. The van der Waals surface area contributed by atoms with Crippen LogP contribution in [-0.4, -0.2) is 72.9 Å². The molecule has 0 aliphatic carbocycles. The van der Waals surface area contributed by atoms with Gasteiger partial charge in [-0.05, 0) is 30.3 Å². The van der Waals surface area contributed by atoms with Crippen molar-refractivity contribution in [1.82, 2.24) is 9.88 Å². The number of H-pyrrole nitrogens is 1. The molecule has 12 heteroatoms. The number of methoxy groups -OCH3 is 1. The summed E-state index contributed by atoms with van der Waals surface area (Å²) in [4.78, 5) is 58.9.